The number of rotatable bonds is 6. The van der Waals surface area contributed by atoms with Crippen molar-refractivity contribution in [2.75, 3.05) is 17.2 Å². The van der Waals surface area contributed by atoms with E-state index in [0.29, 0.717) is 23.1 Å². The summed E-state index contributed by atoms with van der Waals surface area (Å²) in [7, 11) is 0. The van der Waals surface area contributed by atoms with Gasteiger partial charge in [-0.05, 0) is 55.8 Å². The Bertz CT molecular complexity index is 1110. The molecule has 1 atom stereocenters. The molecule has 154 valence electrons. The third-order valence-corrected chi connectivity index (χ3v) is 5.10. The van der Waals surface area contributed by atoms with Gasteiger partial charge in [-0.3, -0.25) is 9.59 Å². The number of carbonyl (C=O) groups is 2. The van der Waals surface area contributed by atoms with Crippen molar-refractivity contribution < 1.29 is 14.3 Å². The molecule has 0 fully saturated rings. The quantitative estimate of drug-likeness (QED) is 0.612. The van der Waals surface area contributed by atoms with Crippen LogP contribution in [0.1, 0.15) is 25.1 Å². The van der Waals surface area contributed by atoms with Crippen LogP contribution in [0.5, 0.6) is 5.75 Å². The molecule has 0 bridgehead atoms. The van der Waals surface area contributed by atoms with E-state index < -0.39 is 6.04 Å². The molecule has 1 aliphatic rings. The summed E-state index contributed by atoms with van der Waals surface area (Å²) in [5.74, 6) is 0.779. The van der Waals surface area contributed by atoms with E-state index in [2.05, 4.69) is 15.7 Å². The summed E-state index contributed by atoms with van der Waals surface area (Å²) >= 11 is 6.12. The fourth-order valence-electron chi connectivity index (χ4n) is 3.56. The van der Waals surface area contributed by atoms with Crippen molar-refractivity contribution in [1.82, 2.24) is 9.78 Å². The van der Waals surface area contributed by atoms with Crippen LogP contribution in [0.2, 0.25) is 5.02 Å². The Morgan fingerprint density at radius 3 is 2.73 bits per heavy atom. The second-order valence-electron chi connectivity index (χ2n) is 6.98. The maximum absolute atomic E-state index is 12.6. The first-order valence-electron chi connectivity index (χ1n) is 9.65. The van der Waals surface area contributed by atoms with Gasteiger partial charge in [0.25, 0.3) is 5.91 Å². The minimum atomic E-state index is -0.714. The Hall–Kier alpha value is -3.32. The van der Waals surface area contributed by atoms with Gasteiger partial charge in [0.05, 0.1) is 18.7 Å². The van der Waals surface area contributed by atoms with Crippen LogP contribution in [0.4, 0.5) is 11.5 Å². The lowest BCUT2D eigenvalue weighted by molar-refractivity contribution is -0.123. The SMILES string of the molecule is CCOc1ccc(NC(=O)CC2C(=O)Nc3c(-c4cccc(Cl)c4)c(C)nn32)cc1. The van der Waals surface area contributed by atoms with E-state index in [-0.39, 0.29) is 18.2 Å². The molecular weight excluding hydrogens is 404 g/mol. The Labute approximate surface area is 179 Å². The van der Waals surface area contributed by atoms with E-state index in [1.165, 1.54) is 0 Å². The van der Waals surface area contributed by atoms with Gasteiger partial charge < -0.3 is 15.4 Å². The van der Waals surface area contributed by atoms with Crippen molar-refractivity contribution in [1.29, 1.82) is 0 Å². The first-order valence-corrected chi connectivity index (χ1v) is 10.0. The highest BCUT2D eigenvalue weighted by molar-refractivity contribution is 6.30. The third-order valence-electron chi connectivity index (χ3n) is 4.87. The molecule has 4 rings (SSSR count). The Balaban J connectivity index is 1.52. The number of hydrogen-bond acceptors (Lipinski definition) is 4. The maximum atomic E-state index is 12.6. The summed E-state index contributed by atoms with van der Waals surface area (Å²) in [6, 6.07) is 13.8. The molecule has 0 aliphatic carbocycles. The molecule has 0 saturated heterocycles. The number of aromatic nitrogens is 2. The lowest BCUT2D eigenvalue weighted by Gasteiger charge is -2.10. The summed E-state index contributed by atoms with van der Waals surface area (Å²) in [4.78, 5) is 25.1. The van der Waals surface area contributed by atoms with Gasteiger partial charge >= 0.3 is 0 Å². The van der Waals surface area contributed by atoms with Gasteiger partial charge in [-0.25, -0.2) is 4.68 Å². The van der Waals surface area contributed by atoms with Crippen LogP contribution in [0, 0.1) is 6.92 Å². The van der Waals surface area contributed by atoms with E-state index in [4.69, 9.17) is 16.3 Å². The average Bonchev–Trinajstić information content (AvgIpc) is 3.17. The predicted octanol–water partition coefficient (Wildman–Crippen LogP) is 4.43. The van der Waals surface area contributed by atoms with Gasteiger partial charge in [0.15, 0.2) is 0 Å². The standard InChI is InChI=1S/C22H21ClN4O3/c1-3-30-17-9-7-16(8-10-17)24-19(28)12-18-22(29)25-21-20(13(2)26-27(18)21)14-5-4-6-15(23)11-14/h4-11,18H,3,12H2,1-2H3,(H,24,28)(H,25,29). The molecule has 1 aliphatic heterocycles. The highest BCUT2D eigenvalue weighted by atomic mass is 35.5. The minimum absolute atomic E-state index is 0.0256. The van der Waals surface area contributed by atoms with Crippen molar-refractivity contribution >= 4 is 34.9 Å². The van der Waals surface area contributed by atoms with Crippen LogP contribution in [-0.4, -0.2) is 28.2 Å². The molecule has 30 heavy (non-hydrogen) atoms. The smallest absolute Gasteiger partial charge is 0.251 e. The van der Waals surface area contributed by atoms with Gasteiger partial charge in [-0.15, -0.1) is 0 Å². The monoisotopic (exact) mass is 424 g/mol. The van der Waals surface area contributed by atoms with Crippen molar-refractivity contribution in [2.45, 2.75) is 26.3 Å². The van der Waals surface area contributed by atoms with Crippen LogP contribution in [0.25, 0.3) is 11.1 Å². The van der Waals surface area contributed by atoms with Crippen LogP contribution >= 0.6 is 11.6 Å². The summed E-state index contributed by atoms with van der Waals surface area (Å²) < 4.78 is 6.99. The average molecular weight is 425 g/mol. The number of fused-ring (bicyclic) bond motifs is 1. The molecule has 0 spiro atoms. The lowest BCUT2D eigenvalue weighted by Crippen LogP contribution is -2.23. The molecule has 0 saturated carbocycles. The molecule has 1 unspecified atom stereocenters. The first-order chi connectivity index (χ1) is 14.5. The molecule has 7 nitrogen and oxygen atoms in total. The maximum Gasteiger partial charge on any atom is 0.251 e. The number of nitrogens with one attached hydrogen (secondary N) is 2. The van der Waals surface area contributed by atoms with Gasteiger partial charge in [0, 0.05) is 16.3 Å². The predicted molar refractivity (Wildman–Crippen MR) is 116 cm³/mol. The number of hydrogen-bond donors (Lipinski definition) is 2. The zero-order valence-corrected chi connectivity index (χ0v) is 17.4. The van der Waals surface area contributed by atoms with E-state index in [1.807, 2.05) is 32.0 Å². The number of ether oxygens (including phenoxy) is 1. The van der Waals surface area contributed by atoms with Crippen LogP contribution in [0.3, 0.4) is 0 Å². The van der Waals surface area contributed by atoms with Crippen molar-refractivity contribution in [3.05, 3.63) is 59.2 Å². The molecule has 1 aromatic heterocycles. The summed E-state index contributed by atoms with van der Waals surface area (Å²) in [6.07, 6.45) is -0.0256. The number of aryl methyl sites for hydroxylation is 1. The molecule has 0 radical (unpaired) electrons. The lowest BCUT2D eigenvalue weighted by atomic mass is 10.1. The summed E-state index contributed by atoms with van der Waals surface area (Å²) in [5, 5.41) is 10.8. The van der Waals surface area contributed by atoms with E-state index >= 15 is 0 Å². The van der Waals surface area contributed by atoms with Crippen molar-refractivity contribution in [2.24, 2.45) is 0 Å². The Morgan fingerprint density at radius 2 is 2.03 bits per heavy atom. The highest BCUT2D eigenvalue weighted by Gasteiger charge is 2.36. The second kappa shape index (κ2) is 8.20. The minimum Gasteiger partial charge on any atom is -0.494 e. The number of anilines is 2. The van der Waals surface area contributed by atoms with Crippen LogP contribution in [0.15, 0.2) is 48.5 Å². The number of nitrogens with zero attached hydrogens (tertiary/aromatic N) is 2. The fraction of sp³-hybridized carbons (Fsp3) is 0.227. The molecule has 2 aromatic carbocycles. The molecule has 2 heterocycles. The van der Waals surface area contributed by atoms with Crippen molar-refractivity contribution in [3.8, 4) is 16.9 Å². The first kappa shape index (κ1) is 20.0. The number of carbonyl (C=O) groups excluding carboxylic acids is 2. The highest BCUT2D eigenvalue weighted by Crippen LogP contribution is 2.38. The Kier molecular flexibility index (Phi) is 5.46. The zero-order chi connectivity index (χ0) is 21.3. The van der Waals surface area contributed by atoms with E-state index in [1.54, 1.807) is 35.0 Å². The molecular formula is C22H21ClN4O3. The number of benzene rings is 2. The van der Waals surface area contributed by atoms with E-state index in [0.717, 1.165) is 22.6 Å². The second-order valence-corrected chi connectivity index (χ2v) is 7.42. The Morgan fingerprint density at radius 1 is 1.27 bits per heavy atom. The van der Waals surface area contributed by atoms with Gasteiger partial charge in [0.1, 0.15) is 17.6 Å². The zero-order valence-electron chi connectivity index (χ0n) is 16.6. The van der Waals surface area contributed by atoms with Gasteiger partial charge in [-0.1, -0.05) is 23.7 Å². The summed E-state index contributed by atoms with van der Waals surface area (Å²) in [6.45, 7) is 4.35. The summed E-state index contributed by atoms with van der Waals surface area (Å²) in [5.41, 5.74) is 3.06. The topological polar surface area (TPSA) is 85.2 Å². The van der Waals surface area contributed by atoms with E-state index in [9.17, 15) is 9.59 Å². The van der Waals surface area contributed by atoms with Gasteiger partial charge in [-0.2, -0.15) is 5.10 Å². The number of amides is 2. The van der Waals surface area contributed by atoms with Crippen molar-refractivity contribution in [3.63, 3.8) is 0 Å². The van der Waals surface area contributed by atoms with Gasteiger partial charge in [0.2, 0.25) is 5.91 Å². The molecule has 3 aromatic rings. The van der Waals surface area contributed by atoms with Crippen LogP contribution < -0.4 is 15.4 Å². The third kappa shape index (κ3) is 3.89. The largest absolute Gasteiger partial charge is 0.494 e. The molecule has 2 N–H and O–H groups in total. The normalized spacial score (nSPS) is 14.9. The molecule has 8 heteroatoms. The number of halogens is 1. The fourth-order valence-corrected chi connectivity index (χ4v) is 3.75. The van der Waals surface area contributed by atoms with Crippen LogP contribution in [-0.2, 0) is 9.59 Å². The molecule has 2 amide bonds.